The van der Waals surface area contributed by atoms with Gasteiger partial charge in [-0.3, -0.25) is 0 Å². The highest BCUT2D eigenvalue weighted by Crippen LogP contribution is 2.29. The molecule has 8 heteroatoms. The molecule has 0 amide bonds. The number of nitrogens with one attached hydrogen (secondary N) is 1. The number of aromatic nitrogens is 5. The number of nitrogens with zero attached hydrogens (tertiary/aromatic N) is 5. The number of hydrogen-bond donors (Lipinski definition) is 1. The Labute approximate surface area is 125 Å². The zero-order valence-electron chi connectivity index (χ0n) is 11.6. The van der Waals surface area contributed by atoms with Gasteiger partial charge in [0.2, 0.25) is 5.95 Å². The van der Waals surface area contributed by atoms with Crippen molar-refractivity contribution in [2.24, 2.45) is 0 Å². The second-order valence-corrected chi connectivity index (χ2v) is 5.17. The number of hydrogen-bond acceptors (Lipinski definition) is 7. The van der Waals surface area contributed by atoms with Crippen LogP contribution < -0.4 is 5.32 Å². The van der Waals surface area contributed by atoms with Crippen LogP contribution in [-0.4, -0.2) is 31.3 Å². The first-order valence-electron chi connectivity index (χ1n) is 6.48. The van der Waals surface area contributed by atoms with Crippen LogP contribution in [0.25, 0.3) is 5.95 Å². The zero-order chi connectivity index (χ0) is 14.7. The van der Waals surface area contributed by atoms with Gasteiger partial charge < -0.3 is 9.73 Å². The lowest BCUT2D eigenvalue weighted by atomic mass is 10.5. The maximum absolute atomic E-state index is 5.29. The molecule has 0 spiro atoms. The van der Waals surface area contributed by atoms with Crippen LogP contribution in [0.2, 0.25) is 0 Å². The Morgan fingerprint density at radius 3 is 2.90 bits per heavy atom. The van der Waals surface area contributed by atoms with Crippen molar-refractivity contribution in [3.8, 4) is 5.95 Å². The lowest BCUT2D eigenvalue weighted by Crippen LogP contribution is -2.09. The molecule has 108 valence electrons. The Hall–Kier alpha value is -2.35. The molecule has 0 fully saturated rings. The monoisotopic (exact) mass is 302 g/mol. The molecule has 3 rings (SSSR count). The Morgan fingerprint density at radius 1 is 1.33 bits per heavy atom. The van der Waals surface area contributed by atoms with Gasteiger partial charge in [0.15, 0.2) is 5.16 Å². The van der Waals surface area contributed by atoms with Crippen LogP contribution in [0, 0.1) is 6.92 Å². The highest BCUT2D eigenvalue weighted by Gasteiger charge is 2.11. The summed E-state index contributed by atoms with van der Waals surface area (Å²) < 4.78 is 6.90. The molecule has 1 N–H and O–H groups in total. The molecule has 7 nitrogen and oxygen atoms in total. The van der Waals surface area contributed by atoms with E-state index in [1.807, 2.05) is 26.0 Å². The third-order valence-corrected chi connectivity index (χ3v) is 3.67. The Balaban J connectivity index is 1.97. The summed E-state index contributed by atoms with van der Waals surface area (Å²) in [5.41, 5.74) is 0. The zero-order valence-corrected chi connectivity index (χ0v) is 12.5. The minimum atomic E-state index is 0.481. The lowest BCUT2D eigenvalue weighted by molar-refractivity contribution is 0.527. The van der Waals surface area contributed by atoms with E-state index in [0.29, 0.717) is 17.1 Å². The van der Waals surface area contributed by atoms with E-state index in [2.05, 4.69) is 25.4 Å². The molecule has 0 aliphatic heterocycles. The molecule has 21 heavy (non-hydrogen) atoms. The molecule has 3 heterocycles. The van der Waals surface area contributed by atoms with Gasteiger partial charge in [-0.25, -0.2) is 4.68 Å². The maximum Gasteiger partial charge on any atom is 0.256 e. The molecule has 3 aromatic rings. The smallest absolute Gasteiger partial charge is 0.256 e. The van der Waals surface area contributed by atoms with E-state index >= 15 is 0 Å². The van der Waals surface area contributed by atoms with Crippen LogP contribution in [0.4, 0.5) is 5.95 Å². The first-order chi connectivity index (χ1) is 10.3. The van der Waals surface area contributed by atoms with Crippen LogP contribution in [0.1, 0.15) is 12.7 Å². The van der Waals surface area contributed by atoms with Gasteiger partial charge in [-0.15, -0.1) is 0 Å². The third-order valence-electron chi connectivity index (χ3n) is 2.66. The molecular weight excluding hydrogens is 288 g/mol. The SMILES string of the molecule is CCNc1nc(Sc2ccoc2C)nc(-n2cccn2)n1. The molecule has 0 atom stereocenters. The van der Waals surface area contributed by atoms with Gasteiger partial charge in [-0.05, 0) is 37.7 Å². The number of furan rings is 1. The summed E-state index contributed by atoms with van der Waals surface area (Å²) in [5, 5.41) is 7.85. The van der Waals surface area contributed by atoms with Crippen LogP contribution in [0.3, 0.4) is 0 Å². The topological polar surface area (TPSA) is 81.7 Å². The van der Waals surface area contributed by atoms with Gasteiger partial charge in [-0.1, -0.05) is 0 Å². The quantitative estimate of drug-likeness (QED) is 0.775. The first-order valence-corrected chi connectivity index (χ1v) is 7.30. The van der Waals surface area contributed by atoms with E-state index < -0.39 is 0 Å². The van der Waals surface area contributed by atoms with Gasteiger partial charge >= 0.3 is 0 Å². The van der Waals surface area contributed by atoms with Crippen molar-refractivity contribution in [3.05, 3.63) is 36.5 Å². The largest absolute Gasteiger partial charge is 0.468 e. The van der Waals surface area contributed by atoms with Crippen molar-refractivity contribution in [2.45, 2.75) is 23.9 Å². The molecule has 0 aliphatic carbocycles. The second kappa shape index (κ2) is 5.96. The fraction of sp³-hybridized carbons (Fsp3) is 0.231. The molecule has 0 aliphatic rings. The van der Waals surface area contributed by atoms with Crippen molar-refractivity contribution >= 4 is 17.7 Å². The van der Waals surface area contributed by atoms with Crippen molar-refractivity contribution in [1.29, 1.82) is 0 Å². The highest BCUT2D eigenvalue weighted by molar-refractivity contribution is 7.99. The predicted molar refractivity (Wildman–Crippen MR) is 78.7 cm³/mol. The minimum Gasteiger partial charge on any atom is -0.468 e. The van der Waals surface area contributed by atoms with Crippen LogP contribution >= 0.6 is 11.8 Å². The number of rotatable bonds is 5. The maximum atomic E-state index is 5.29. The summed E-state index contributed by atoms with van der Waals surface area (Å²) in [7, 11) is 0. The summed E-state index contributed by atoms with van der Waals surface area (Å²) in [5.74, 6) is 1.85. The molecule has 0 bridgehead atoms. The van der Waals surface area contributed by atoms with E-state index in [0.717, 1.165) is 17.2 Å². The van der Waals surface area contributed by atoms with E-state index in [9.17, 15) is 0 Å². The van der Waals surface area contributed by atoms with E-state index in [1.54, 1.807) is 23.3 Å². The Bertz CT molecular complexity index is 724. The van der Waals surface area contributed by atoms with Crippen molar-refractivity contribution in [2.75, 3.05) is 11.9 Å². The van der Waals surface area contributed by atoms with Gasteiger partial charge in [-0.2, -0.15) is 20.1 Å². The fourth-order valence-corrected chi connectivity index (χ4v) is 2.47. The first kappa shape index (κ1) is 13.6. The predicted octanol–water partition coefficient (Wildman–Crippen LogP) is 2.54. The van der Waals surface area contributed by atoms with E-state index in [4.69, 9.17) is 4.42 Å². The van der Waals surface area contributed by atoms with Gasteiger partial charge in [0.25, 0.3) is 5.95 Å². The second-order valence-electron chi connectivity index (χ2n) is 4.17. The van der Waals surface area contributed by atoms with Gasteiger partial charge in [0.05, 0.1) is 11.2 Å². The molecule has 0 aromatic carbocycles. The average Bonchev–Trinajstić information content (AvgIpc) is 3.12. The standard InChI is InChI=1S/C13H14N6OS/c1-3-14-11-16-12(19-7-4-6-15-19)18-13(17-11)21-10-5-8-20-9(10)2/h4-8H,3H2,1-2H3,(H,14,16,17,18). The van der Waals surface area contributed by atoms with Crippen molar-refractivity contribution in [1.82, 2.24) is 24.7 Å². The minimum absolute atomic E-state index is 0.481. The van der Waals surface area contributed by atoms with Crippen LogP contribution in [-0.2, 0) is 0 Å². The number of aryl methyl sites for hydroxylation is 1. The Morgan fingerprint density at radius 2 is 2.24 bits per heavy atom. The molecule has 0 radical (unpaired) electrons. The summed E-state index contributed by atoms with van der Waals surface area (Å²) in [6.07, 6.45) is 5.13. The summed E-state index contributed by atoms with van der Waals surface area (Å²) in [4.78, 5) is 14.2. The average molecular weight is 302 g/mol. The molecule has 0 saturated carbocycles. The van der Waals surface area contributed by atoms with Gasteiger partial charge in [0.1, 0.15) is 5.76 Å². The highest BCUT2D eigenvalue weighted by atomic mass is 32.2. The summed E-state index contributed by atoms with van der Waals surface area (Å²) >= 11 is 1.44. The fourth-order valence-electron chi connectivity index (χ4n) is 1.70. The lowest BCUT2D eigenvalue weighted by Gasteiger charge is -2.07. The summed E-state index contributed by atoms with van der Waals surface area (Å²) in [6, 6.07) is 3.72. The normalized spacial score (nSPS) is 10.8. The van der Waals surface area contributed by atoms with Crippen LogP contribution in [0.15, 0.2) is 45.3 Å². The molecule has 0 unspecified atom stereocenters. The third kappa shape index (κ3) is 3.05. The van der Waals surface area contributed by atoms with Crippen LogP contribution in [0.5, 0.6) is 0 Å². The Kier molecular flexibility index (Phi) is 3.87. The number of anilines is 1. The van der Waals surface area contributed by atoms with E-state index in [-0.39, 0.29) is 0 Å². The van der Waals surface area contributed by atoms with Crippen molar-refractivity contribution in [3.63, 3.8) is 0 Å². The molecule has 0 saturated heterocycles. The van der Waals surface area contributed by atoms with Crippen molar-refractivity contribution < 1.29 is 4.42 Å². The molecular formula is C13H14N6OS. The van der Waals surface area contributed by atoms with Gasteiger partial charge in [0, 0.05) is 18.9 Å². The molecule has 3 aromatic heterocycles. The van der Waals surface area contributed by atoms with E-state index in [1.165, 1.54) is 11.8 Å². The summed E-state index contributed by atoms with van der Waals surface area (Å²) in [6.45, 7) is 4.63.